The molecule has 0 saturated carbocycles. The molecule has 3 heteroatoms. The van der Waals surface area contributed by atoms with Gasteiger partial charge in [0.1, 0.15) is 5.82 Å². The molecule has 0 radical (unpaired) electrons. The molecule has 21 heavy (non-hydrogen) atoms. The number of hydrogen-bond acceptors (Lipinski definition) is 2. The summed E-state index contributed by atoms with van der Waals surface area (Å²) >= 11 is 0. The highest BCUT2D eigenvalue weighted by Crippen LogP contribution is 2.40. The smallest absolute Gasteiger partial charge is 0.123 e. The van der Waals surface area contributed by atoms with Crippen molar-refractivity contribution in [2.45, 2.75) is 24.8 Å². The Balaban J connectivity index is 1.73. The molecule has 1 fully saturated rings. The van der Waals surface area contributed by atoms with Crippen LogP contribution in [0.5, 0.6) is 0 Å². The third kappa shape index (κ3) is 2.32. The van der Waals surface area contributed by atoms with Gasteiger partial charge in [0, 0.05) is 24.2 Å². The van der Waals surface area contributed by atoms with Crippen LogP contribution >= 0.6 is 0 Å². The first-order chi connectivity index (χ1) is 10.3. The van der Waals surface area contributed by atoms with Crippen molar-refractivity contribution in [2.75, 3.05) is 18.4 Å². The van der Waals surface area contributed by atoms with E-state index in [1.807, 2.05) is 6.07 Å². The van der Waals surface area contributed by atoms with Gasteiger partial charge in [-0.2, -0.15) is 0 Å². The fourth-order valence-electron chi connectivity index (χ4n) is 3.60. The molecule has 108 valence electrons. The maximum atomic E-state index is 13.4. The molecule has 0 aliphatic carbocycles. The Kier molecular flexibility index (Phi) is 3.15. The van der Waals surface area contributed by atoms with Crippen molar-refractivity contribution in [3.8, 4) is 11.1 Å². The minimum absolute atomic E-state index is 0.180. The van der Waals surface area contributed by atoms with Gasteiger partial charge < -0.3 is 10.6 Å². The summed E-state index contributed by atoms with van der Waals surface area (Å²) in [5.74, 6) is 0.344. The van der Waals surface area contributed by atoms with Crippen LogP contribution in [0.1, 0.15) is 24.3 Å². The molecule has 2 aliphatic rings. The fraction of sp³-hybridized carbons (Fsp3) is 0.333. The Bertz CT molecular complexity index is 668. The van der Waals surface area contributed by atoms with E-state index in [1.165, 1.54) is 30.2 Å². The van der Waals surface area contributed by atoms with Crippen molar-refractivity contribution in [3.63, 3.8) is 0 Å². The van der Waals surface area contributed by atoms with Gasteiger partial charge in [0.25, 0.3) is 0 Å². The van der Waals surface area contributed by atoms with Gasteiger partial charge in [-0.3, -0.25) is 0 Å². The Hall–Kier alpha value is -1.87. The van der Waals surface area contributed by atoms with Crippen molar-refractivity contribution >= 4 is 5.69 Å². The highest BCUT2D eigenvalue weighted by molar-refractivity contribution is 5.71. The first-order valence-corrected chi connectivity index (χ1v) is 7.68. The van der Waals surface area contributed by atoms with E-state index in [9.17, 15) is 4.39 Å². The predicted octanol–water partition coefficient (Wildman–Crippen LogP) is 3.75. The normalized spacial score (nSPS) is 23.9. The van der Waals surface area contributed by atoms with Crippen LogP contribution in [0.2, 0.25) is 0 Å². The summed E-state index contributed by atoms with van der Waals surface area (Å²) in [5.41, 5.74) is 4.66. The summed E-state index contributed by atoms with van der Waals surface area (Å²) in [6.45, 7) is 2.13. The van der Waals surface area contributed by atoms with Gasteiger partial charge in [-0.25, -0.2) is 4.39 Å². The molecule has 0 aromatic heterocycles. The van der Waals surface area contributed by atoms with Gasteiger partial charge in [0.2, 0.25) is 0 Å². The molecule has 2 nitrogen and oxygen atoms in total. The number of rotatable bonds is 1. The molecule has 0 spiro atoms. The van der Waals surface area contributed by atoms with Crippen LogP contribution in [-0.2, 0) is 0 Å². The van der Waals surface area contributed by atoms with Gasteiger partial charge in [-0.05, 0) is 60.3 Å². The van der Waals surface area contributed by atoms with Gasteiger partial charge in [-0.15, -0.1) is 0 Å². The number of hydrogen-bond donors (Lipinski definition) is 2. The maximum absolute atomic E-state index is 13.4. The third-order valence-corrected chi connectivity index (χ3v) is 4.67. The minimum atomic E-state index is -0.180. The van der Waals surface area contributed by atoms with Gasteiger partial charge >= 0.3 is 0 Å². The molecule has 2 unspecified atom stereocenters. The van der Waals surface area contributed by atoms with Gasteiger partial charge in [0.05, 0.1) is 0 Å². The van der Waals surface area contributed by atoms with Crippen molar-refractivity contribution in [2.24, 2.45) is 0 Å². The number of nitrogens with one attached hydrogen (secondary N) is 2. The van der Waals surface area contributed by atoms with Crippen molar-refractivity contribution < 1.29 is 4.39 Å². The lowest BCUT2D eigenvalue weighted by Gasteiger charge is -2.16. The van der Waals surface area contributed by atoms with Gasteiger partial charge in [0.15, 0.2) is 0 Å². The summed E-state index contributed by atoms with van der Waals surface area (Å²) < 4.78 is 13.4. The molecular weight excluding hydrogens is 263 g/mol. The lowest BCUT2D eigenvalue weighted by atomic mass is 9.91. The number of fused-ring (bicyclic) bond motifs is 3. The van der Waals surface area contributed by atoms with E-state index in [0.717, 1.165) is 24.2 Å². The zero-order valence-electron chi connectivity index (χ0n) is 11.9. The molecule has 1 saturated heterocycles. The first-order valence-electron chi connectivity index (χ1n) is 7.68. The largest absolute Gasteiger partial charge is 0.381 e. The lowest BCUT2D eigenvalue weighted by molar-refractivity contribution is 0.580. The van der Waals surface area contributed by atoms with Crippen LogP contribution in [0.4, 0.5) is 10.1 Å². The van der Waals surface area contributed by atoms with E-state index < -0.39 is 0 Å². The summed E-state index contributed by atoms with van der Waals surface area (Å²) in [6.07, 6.45) is 2.43. The summed E-state index contributed by atoms with van der Waals surface area (Å²) in [6, 6.07) is 13.8. The van der Waals surface area contributed by atoms with Crippen molar-refractivity contribution in [1.29, 1.82) is 0 Å². The molecule has 4 rings (SSSR count). The average Bonchev–Trinajstić information content (AvgIpc) is 2.67. The topological polar surface area (TPSA) is 24.1 Å². The van der Waals surface area contributed by atoms with E-state index in [4.69, 9.17) is 0 Å². The molecule has 2 aromatic rings. The minimum Gasteiger partial charge on any atom is -0.381 e. The Morgan fingerprint density at radius 2 is 1.95 bits per heavy atom. The third-order valence-electron chi connectivity index (χ3n) is 4.67. The fourth-order valence-corrected chi connectivity index (χ4v) is 3.60. The van der Waals surface area contributed by atoms with E-state index in [2.05, 4.69) is 28.8 Å². The molecule has 2 atom stereocenters. The van der Waals surface area contributed by atoms with Crippen LogP contribution in [0.25, 0.3) is 11.1 Å². The number of halogens is 1. The van der Waals surface area contributed by atoms with Crippen LogP contribution in [0.15, 0.2) is 42.5 Å². The van der Waals surface area contributed by atoms with E-state index >= 15 is 0 Å². The Morgan fingerprint density at radius 1 is 1.05 bits per heavy atom. The number of benzene rings is 2. The molecule has 0 amide bonds. The van der Waals surface area contributed by atoms with Crippen molar-refractivity contribution in [1.82, 2.24) is 5.32 Å². The summed E-state index contributed by atoms with van der Waals surface area (Å²) in [5, 5.41) is 7.18. The molecular formula is C18H19FN2. The van der Waals surface area contributed by atoms with Crippen LogP contribution in [0.3, 0.4) is 0 Å². The second-order valence-corrected chi connectivity index (χ2v) is 6.02. The van der Waals surface area contributed by atoms with Gasteiger partial charge in [-0.1, -0.05) is 18.2 Å². The Morgan fingerprint density at radius 3 is 2.86 bits per heavy atom. The molecule has 2 N–H and O–H groups in total. The SMILES string of the molecule is Fc1cccc(-c2ccc3c(c2)C2CNCCCC2N3)c1. The lowest BCUT2D eigenvalue weighted by Crippen LogP contribution is -2.25. The maximum Gasteiger partial charge on any atom is 0.123 e. The summed E-state index contributed by atoms with van der Waals surface area (Å²) in [4.78, 5) is 0. The quantitative estimate of drug-likeness (QED) is 0.832. The molecule has 2 aliphatic heterocycles. The van der Waals surface area contributed by atoms with E-state index in [1.54, 1.807) is 12.1 Å². The first kappa shape index (κ1) is 12.8. The monoisotopic (exact) mass is 282 g/mol. The Labute approximate surface area is 124 Å². The van der Waals surface area contributed by atoms with Crippen molar-refractivity contribution in [3.05, 3.63) is 53.8 Å². The molecule has 0 bridgehead atoms. The van der Waals surface area contributed by atoms with E-state index in [0.29, 0.717) is 12.0 Å². The highest BCUT2D eigenvalue weighted by atomic mass is 19.1. The zero-order valence-corrected chi connectivity index (χ0v) is 11.9. The van der Waals surface area contributed by atoms with E-state index in [-0.39, 0.29) is 5.82 Å². The molecule has 2 heterocycles. The summed E-state index contributed by atoms with van der Waals surface area (Å²) in [7, 11) is 0. The second kappa shape index (κ2) is 5.15. The standard InChI is InChI=1S/C18H19FN2/c19-14-4-1-3-12(9-14)13-6-7-18-15(10-13)16-11-20-8-2-5-17(16)21-18/h1,3-4,6-7,9-10,16-17,20-21H,2,5,8,11H2. The highest BCUT2D eigenvalue weighted by Gasteiger charge is 2.32. The van der Waals surface area contributed by atoms with Crippen LogP contribution < -0.4 is 10.6 Å². The number of anilines is 1. The second-order valence-electron chi connectivity index (χ2n) is 6.02. The molecule has 2 aromatic carbocycles. The van der Waals surface area contributed by atoms with Crippen LogP contribution in [-0.4, -0.2) is 19.1 Å². The zero-order chi connectivity index (χ0) is 14.2. The average molecular weight is 282 g/mol. The van der Waals surface area contributed by atoms with Crippen LogP contribution in [0, 0.1) is 5.82 Å². The predicted molar refractivity (Wildman–Crippen MR) is 84.1 cm³/mol.